The number of H-pyrrole nitrogens is 1. The molecule has 4 heterocycles. The first-order valence-corrected chi connectivity index (χ1v) is 7.67. The summed E-state index contributed by atoms with van der Waals surface area (Å²) < 4.78 is 37.3. The molecule has 0 unspecified atom stereocenters. The number of carbonyl (C=O) groups is 1. The molecule has 4 rings (SSSR count). The number of aromatic amines is 1. The maximum atomic E-state index is 12.4. The molecule has 0 saturated heterocycles. The van der Waals surface area contributed by atoms with Gasteiger partial charge in [-0.3, -0.25) is 9.78 Å². The van der Waals surface area contributed by atoms with Crippen LogP contribution in [0.5, 0.6) is 0 Å². The third kappa shape index (κ3) is 2.84. The van der Waals surface area contributed by atoms with Crippen molar-refractivity contribution in [2.24, 2.45) is 0 Å². The molecule has 0 atom stereocenters. The van der Waals surface area contributed by atoms with E-state index >= 15 is 0 Å². The molecular formula is C17H13F3N4O. The summed E-state index contributed by atoms with van der Waals surface area (Å²) in [5, 5.41) is 1.77. The molecule has 1 N–H and O–H groups in total. The summed E-state index contributed by atoms with van der Waals surface area (Å²) in [5.41, 5.74) is 3.09. The molecule has 0 radical (unpaired) electrons. The lowest BCUT2D eigenvalue weighted by Gasteiger charge is -2.18. The maximum Gasteiger partial charge on any atom is 0.397 e. The van der Waals surface area contributed by atoms with E-state index in [2.05, 4.69) is 15.0 Å². The summed E-state index contributed by atoms with van der Waals surface area (Å²) >= 11 is 0. The third-order valence-corrected chi connectivity index (χ3v) is 4.26. The van der Waals surface area contributed by atoms with Crippen LogP contribution in [0.1, 0.15) is 12.0 Å². The number of hydrogen-bond donors (Lipinski definition) is 1. The Bertz CT molecular complexity index is 1010. The van der Waals surface area contributed by atoms with Gasteiger partial charge in [0.2, 0.25) is 5.91 Å². The van der Waals surface area contributed by atoms with Crippen LogP contribution in [0.4, 0.5) is 13.2 Å². The van der Waals surface area contributed by atoms with Gasteiger partial charge in [-0.15, -0.1) is 0 Å². The highest BCUT2D eigenvalue weighted by atomic mass is 19.4. The minimum absolute atomic E-state index is 0.155. The molecule has 5 nitrogen and oxygen atoms in total. The summed E-state index contributed by atoms with van der Waals surface area (Å²) in [6.07, 6.45) is 0.931. The highest BCUT2D eigenvalue weighted by Gasteiger charge is 2.34. The number of nitrogens with one attached hydrogen (secondary N) is 1. The lowest BCUT2D eigenvalue weighted by atomic mass is 10.0. The topological polar surface area (TPSA) is 61.9 Å². The van der Waals surface area contributed by atoms with Crippen molar-refractivity contribution in [1.82, 2.24) is 19.9 Å². The van der Waals surface area contributed by atoms with Gasteiger partial charge in [0, 0.05) is 36.3 Å². The average Bonchev–Trinajstić information content (AvgIpc) is 3.22. The molecule has 1 aliphatic rings. The van der Waals surface area contributed by atoms with Crippen molar-refractivity contribution >= 4 is 33.4 Å². The molecule has 3 aromatic heterocycles. The largest absolute Gasteiger partial charge is 0.397 e. The monoisotopic (exact) mass is 346 g/mol. The van der Waals surface area contributed by atoms with Gasteiger partial charge in [0.25, 0.3) is 0 Å². The smallest absolute Gasteiger partial charge is 0.346 e. The van der Waals surface area contributed by atoms with Gasteiger partial charge in [-0.1, -0.05) is 6.08 Å². The van der Waals surface area contributed by atoms with Crippen molar-refractivity contribution in [1.29, 1.82) is 0 Å². The highest BCUT2D eigenvalue weighted by molar-refractivity contribution is 6.09. The van der Waals surface area contributed by atoms with Gasteiger partial charge in [-0.05, 0) is 23.3 Å². The number of fused-ring (bicyclic) bond motifs is 3. The Morgan fingerprint density at radius 3 is 2.92 bits per heavy atom. The molecule has 0 aliphatic carbocycles. The first-order valence-electron chi connectivity index (χ1n) is 7.67. The average molecular weight is 346 g/mol. The van der Waals surface area contributed by atoms with Gasteiger partial charge < -0.3 is 9.88 Å². The number of nitrogens with zero attached hydrogens (tertiary/aromatic N) is 3. The van der Waals surface area contributed by atoms with E-state index in [0.29, 0.717) is 11.2 Å². The zero-order chi connectivity index (χ0) is 17.6. The van der Waals surface area contributed by atoms with Crippen LogP contribution >= 0.6 is 0 Å². The van der Waals surface area contributed by atoms with Crippen molar-refractivity contribution in [2.45, 2.75) is 12.6 Å². The van der Waals surface area contributed by atoms with Crippen molar-refractivity contribution in [2.75, 3.05) is 13.1 Å². The van der Waals surface area contributed by atoms with Gasteiger partial charge in [0.15, 0.2) is 0 Å². The Balaban J connectivity index is 1.69. The Morgan fingerprint density at radius 1 is 1.28 bits per heavy atom. The zero-order valence-electron chi connectivity index (χ0n) is 13.0. The molecule has 0 fully saturated rings. The SMILES string of the molecule is O=C(CC(F)(F)F)N1CC=C(c2ccnc3cnc4[nH]ccc4c23)C1. The summed E-state index contributed by atoms with van der Waals surface area (Å²) in [7, 11) is 0. The zero-order valence-corrected chi connectivity index (χ0v) is 13.0. The second-order valence-corrected chi connectivity index (χ2v) is 5.91. The van der Waals surface area contributed by atoms with Gasteiger partial charge in [0.1, 0.15) is 12.1 Å². The molecular weight excluding hydrogens is 333 g/mol. The number of rotatable bonds is 2. The Kier molecular flexibility index (Phi) is 3.48. The van der Waals surface area contributed by atoms with Crippen molar-refractivity contribution in [3.8, 4) is 0 Å². The van der Waals surface area contributed by atoms with E-state index in [0.717, 1.165) is 21.9 Å². The lowest BCUT2D eigenvalue weighted by molar-refractivity contribution is -0.160. The molecule has 3 aromatic rings. The van der Waals surface area contributed by atoms with Gasteiger partial charge >= 0.3 is 6.18 Å². The molecule has 1 amide bonds. The molecule has 1 aliphatic heterocycles. The maximum absolute atomic E-state index is 12.4. The number of hydrogen-bond acceptors (Lipinski definition) is 3. The fourth-order valence-electron chi connectivity index (χ4n) is 3.14. The fraction of sp³-hybridized carbons (Fsp3) is 0.235. The Hall–Kier alpha value is -2.90. The number of halogens is 3. The van der Waals surface area contributed by atoms with Gasteiger partial charge in [-0.2, -0.15) is 13.2 Å². The van der Waals surface area contributed by atoms with Crippen LogP contribution in [0, 0.1) is 0 Å². The van der Waals surface area contributed by atoms with Crippen LogP contribution in [0.15, 0.2) is 36.8 Å². The third-order valence-electron chi connectivity index (χ3n) is 4.26. The minimum Gasteiger partial charge on any atom is -0.346 e. The van der Waals surface area contributed by atoms with Gasteiger partial charge in [-0.25, -0.2) is 4.98 Å². The minimum atomic E-state index is -4.49. The molecule has 128 valence electrons. The number of pyridine rings is 2. The van der Waals surface area contributed by atoms with Crippen molar-refractivity contribution in [3.63, 3.8) is 0 Å². The van der Waals surface area contributed by atoms with Gasteiger partial charge in [0.05, 0.1) is 11.7 Å². The van der Waals surface area contributed by atoms with Crippen LogP contribution in [-0.4, -0.2) is 45.0 Å². The Labute approximate surface area is 140 Å². The number of carbonyl (C=O) groups excluding carboxylic acids is 1. The Morgan fingerprint density at radius 2 is 2.12 bits per heavy atom. The van der Waals surface area contributed by atoms with Crippen LogP contribution in [0.25, 0.3) is 27.5 Å². The first-order chi connectivity index (χ1) is 11.9. The van der Waals surface area contributed by atoms with E-state index in [1.54, 1.807) is 24.7 Å². The van der Waals surface area contributed by atoms with E-state index in [1.807, 2.05) is 12.1 Å². The molecule has 0 saturated carbocycles. The molecule has 0 spiro atoms. The standard InChI is InChI=1S/C17H13F3N4O/c18-17(19,20)7-14(25)24-6-3-10(9-24)11-1-4-21-13-8-23-16-12(15(11)13)2-5-22-16/h1-5,8H,6-7,9H2,(H,22,23). The fourth-order valence-corrected chi connectivity index (χ4v) is 3.14. The quantitative estimate of drug-likeness (QED) is 0.775. The van der Waals surface area contributed by atoms with E-state index in [-0.39, 0.29) is 13.1 Å². The summed E-state index contributed by atoms with van der Waals surface area (Å²) in [5.74, 6) is -0.912. The first kappa shape index (κ1) is 15.6. The van der Waals surface area contributed by atoms with Crippen LogP contribution in [0.3, 0.4) is 0 Å². The van der Waals surface area contributed by atoms with Crippen LogP contribution < -0.4 is 0 Å². The predicted molar refractivity (Wildman–Crippen MR) is 86.6 cm³/mol. The summed E-state index contributed by atoms with van der Waals surface area (Å²) in [6, 6.07) is 3.70. The van der Waals surface area contributed by atoms with Crippen molar-refractivity contribution < 1.29 is 18.0 Å². The molecule has 0 aromatic carbocycles. The highest BCUT2D eigenvalue weighted by Crippen LogP contribution is 2.32. The van der Waals surface area contributed by atoms with E-state index in [4.69, 9.17) is 0 Å². The van der Waals surface area contributed by atoms with Crippen molar-refractivity contribution in [3.05, 3.63) is 42.4 Å². The second-order valence-electron chi connectivity index (χ2n) is 5.91. The van der Waals surface area contributed by atoms with Crippen LogP contribution in [0.2, 0.25) is 0 Å². The predicted octanol–water partition coefficient (Wildman–Crippen LogP) is 3.29. The van der Waals surface area contributed by atoms with Crippen LogP contribution in [-0.2, 0) is 4.79 Å². The second kappa shape index (κ2) is 5.58. The van der Waals surface area contributed by atoms with E-state index in [1.165, 1.54) is 4.90 Å². The molecule has 0 bridgehead atoms. The number of alkyl halides is 3. The number of aromatic nitrogens is 3. The van der Waals surface area contributed by atoms with E-state index < -0.39 is 18.5 Å². The lowest BCUT2D eigenvalue weighted by Crippen LogP contribution is -2.32. The number of amides is 1. The molecule has 8 heteroatoms. The molecule has 25 heavy (non-hydrogen) atoms. The summed E-state index contributed by atoms with van der Waals surface area (Å²) in [6.45, 7) is 0.331. The van der Waals surface area contributed by atoms with E-state index in [9.17, 15) is 18.0 Å². The summed E-state index contributed by atoms with van der Waals surface area (Å²) in [4.78, 5) is 24.7. The normalized spacial score (nSPS) is 15.2.